The Bertz CT molecular complexity index is 2230. The Morgan fingerprint density at radius 2 is 1.11 bits per heavy atom. The first-order valence-corrected chi connectivity index (χ1v) is 16.5. The normalized spacial score (nSPS) is 12.0. The van der Waals surface area contributed by atoms with E-state index in [0.29, 0.717) is 15.8 Å². The van der Waals surface area contributed by atoms with Gasteiger partial charge in [0.15, 0.2) is 5.75 Å². The number of halogens is 3. The number of alkyl halides is 3. The molecule has 1 aromatic heterocycles. The summed E-state index contributed by atoms with van der Waals surface area (Å²) >= 11 is 1.37. The summed E-state index contributed by atoms with van der Waals surface area (Å²) in [5.41, 5.74) is -1.46. The van der Waals surface area contributed by atoms with E-state index >= 15 is 0 Å². The second kappa shape index (κ2) is 11.7. The number of anilines is 3. The summed E-state index contributed by atoms with van der Waals surface area (Å²) in [5.74, 6) is -0.377. The van der Waals surface area contributed by atoms with E-state index in [-0.39, 0.29) is 16.9 Å². The number of benzene rings is 6. The number of fused-ring (bicyclic) bond motifs is 3. The van der Waals surface area contributed by atoms with E-state index in [9.17, 15) is 21.6 Å². The van der Waals surface area contributed by atoms with Crippen molar-refractivity contribution in [2.24, 2.45) is 0 Å². The molecule has 0 amide bonds. The molecule has 0 bridgehead atoms. The highest BCUT2D eigenvalue weighted by molar-refractivity contribution is 7.88. The molecule has 1 heterocycles. The van der Waals surface area contributed by atoms with Crippen molar-refractivity contribution < 1.29 is 25.8 Å². The Kier molecular flexibility index (Phi) is 7.50. The van der Waals surface area contributed by atoms with Crippen molar-refractivity contribution >= 4 is 58.7 Å². The first kappa shape index (κ1) is 29.6. The van der Waals surface area contributed by atoms with Crippen LogP contribution in [0.15, 0.2) is 146 Å². The van der Waals surface area contributed by atoms with Gasteiger partial charge in [0.1, 0.15) is 0 Å². The van der Waals surface area contributed by atoms with Crippen molar-refractivity contribution in [2.75, 3.05) is 4.90 Å². The molecular formula is C37H24F3NO3S2. The highest BCUT2D eigenvalue weighted by atomic mass is 32.2. The monoisotopic (exact) mass is 651 g/mol. The van der Waals surface area contributed by atoms with Crippen molar-refractivity contribution in [3.63, 3.8) is 0 Å². The van der Waals surface area contributed by atoms with Gasteiger partial charge in [-0.25, -0.2) is 0 Å². The summed E-state index contributed by atoms with van der Waals surface area (Å²) in [7, 11) is -6.01. The quantitative estimate of drug-likeness (QED) is 0.127. The van der Waals surface area contributed by atoms with Crippen LogP contribution in [0.5, 0.6) is 5.75 Å². The summed E-state index contributed by atoms with van der Waals surface area (Å²) in [6.45, 7) is 0. The lowest BCUT2D eigenvalue weighted by Crippen LogP contribution is -2.28. The van der Waals surface area contributed by atoms with Crippen LogP contribution in [-0.4, -0.2) is 13.9 Å². The minimum absolute atomic E-state index is 0.222. The van der Waals surface area contributed by atoms with Crippen LogP contribution < -0.4 is 9.08 Å². The predicted octanol–water partition coefficient (Wildman–Crippen LogP) is 11.1. The number of thiophene rings is 1. The molecule has 0 radical (unpaired) electrons. The number of hydrogen-bond donors (Lipinski definition) is 0. The molecule has 0 N–H and O–H groups in total. The summed E-state index contributed by atoms with van der Waals surface area (Å²) < 4.78 is 73.3. The Balaban J connectivity index is 1.48. The highest BCUT2D eigenvalue weighted by Crippen LogP contribution is 2.50. The smallest absolute Gasteiger partial charge is 0.375 e. The van der Waals surface area contributed by atoms with E-state index in [1.54, 1.807) is 48.5 Å². The second-order valence-corrected chi connectivity index (χ2v) is 13.1. The van der Waals surface area contributed by atoms with Gasteiger partial charge in [0, 0.05) is 48.4 Å². The van der Waals surface area contributed by atoms with Crippen LogP contribution in [0.2, 0.25) is 0 Å². The molecule has 0 saturated heterocycles. The van der Waals surface area contributed by atoms with Crippen molar-refractivity contribution in [2.45, 2.75) is 5.51 Å². The lowest BCUT2D eigenvalue weighted by atomic mass is 9.94. The van der Waals surface area contributed by atoms with Gasteiger partial charge in [0.2, 0.25) is 0 Å². The maximum Gasteiger partial charge on any atom is 0.534 e. The fourth-order valence-corrected chi connectivity index (χ4v) is 7.29. The van der Waals surface area contributed by atoms with E-state index in [2.05, 4.69) is 4.90 Å². The predicted molar refractivity (Wildman–Crippen MR) is 180 cm³/mol. The van der Waals surface area contributed by atoms with Crippen LogP contribution in [-0.2, 0) is 10.1 Å². The molecule has 0 atom stereocenters. The standard InChI is InChI=1S/C37H24F3NO3S2/c38-37(39,40)46(42,43)44-35-31(24-32-30-18-10-11-19-33(30)45-36(32)34(35)26-12-4-1-5-13-26)25-20-22-29(23-21-25)41(27-14-6-2-7-15-27)28-16-8-3-9-17-28/h1-24H. The van der Waals surface area contributed by atoms with Crippen molar-refractivity contribution in [3.05, 3.63) is 146 Å². The molecule has 0 unspecified atom stereocenters. The Labute approximate surface area is 267 Å². The van der Waals surface area contributed by atoms with Crippen molar-refractivity contribution in [1.82, 2.24) is 0 Å². The first-order chi connectivity index (χ1) is 22.2. The van der Waals surface area contributed by atoms with Gasteiger partial charge in [0.25, 0.3) is 0 Å². The molecule has 7 aromatic rings. The zero-order chi connectivity index (χ0) is 31.9. The topological polar surface area (TPSA) is 46.6 Å². The molecule has 7 rings (SSSR count). The summed E-state index contributed by atoms with van der Waals surface area (Å²) in [6.07, 6.45) is 0. The molecule has 228 valence electrons. The number of hydrogen-bond acceptors (Lipinski definition) is 5. The molecule has 0 fully saturated rings. The largest absolute Gasteiger partial charge is 0.534 e. The molecule has 0 aliphatic heterocycles. The molecule has 46 heavy (non-hydrogen) atoms. The maximum atomic E-state index is 13.8. The zero-order valence-electron chi connectivity index (χ0n) is 24.0. The Morgan fingerprint density at radius 3 is 1.70 bits per heavy atom. The van der Waals surface area contributed by atoms with E-state index < -0.39 is 15.6 Å². The number of nitrogens with zero attached hydrogens (tertiary/aromatic N) is 1. The SMILES string of the molecule is O=S(=O)(Oc1c(-c2ccc(N(c3ccccc3)c3ccccc3)cc2)cc2c(sc3ccccc32)c1-c1ccccc1)C(F)(F)F. The molecule has 6 aromatic carbocycles. The van der Waals surface area contributed by atoms with Crippen molar-refractivity contribution in [1.29, 1.82) is 0 Å². The summed E-state index contributed by atoms with van der Waals surface area (Å²) in [4.78, 5) is 2.06. The minimum Gasteiger partial charge on any atom is -0.375 e. The van der Waals surface area contributed by atoms with E-state index in [1.807, 2.05) is 97.1 Å². The van der Waals surface area contributed by atoms with E-state index in [0.717, 1.165) is 32.5 Å². The van der Waals surface area contributed by atoms with E-state index in [1.165, 1.54) is 11.3 Å². The maximum absolute atomic E-state index is 13.8. The van der Waals surface area contributed by atoms with Gasteiger partial charge in [0.05, 0.1) is 0 Å². The van der Waals surface area contributed by atoms with Crippen LogP contribution in [0.1, 0.15) is 0 Å². The van der Waals surface area contributed by atoms with Gasteiger partial charge in [-0.05, 0) is 59.7 Å². The lowest BCUT2D eigenvalue weighted by Gasteiger charge is -2.25. The summed E-state index contributed by atoms with van der Waals surface area (Å²) in [6, 6.07) is 44.9. The van der Waals surface area contributed by atoms with Gasteiger partial charge in [-0.1, -0.05) is 97.1 Å². The third kappa shape index (κ3) is 5.37. The molecular weight excluding hydrogens is 628 g/mol. The average molecular weight is 652 g/mol. The third-order valence-corrected chi connectivity index (χ3v) is 9.78. The molecule has 0 spiro atoms. The van der Waals surface area contributed by atoms with Gasteiger partial charge >= 0.3 is 15.6 Å². The van der Waals surface area contributed by atoms with Crippen LogP contribution in [0.25, 0.3) is 42.4 Å². The Morgan fingerprint density at radius 1 is 0.587 bits per heavy atom. The minimum atomic E-state index is -6.01. The van der Waals surface area contributed by atoms with Crippen LogP contribution >= 0.6 is 11.3 Å². The number of para-hydroxylation sites is 2. The van der Waals surface area contributed by atoms with Gasteiger partial charge in [-0.2, -0.15) is 21.6 Å². The fraction of sp³-hybridized carbons (Fsp3) is 0.0270. The van der Waals surface area contributed by atoms with Crippen molar-refractivity contribution in [3.8, 4) is 28.0 Å². The highest BCUT2D eigenvalue weighted by Gasteiger charge is 2.49. The van der Waals surface area contributed by atoms with Crippen LogP contribution in [0.4, 0.5) is 30.2 Å². The molecule has 0 aliphatic carbocycles. The Hall–Kier alpha value is -5.12. The number of rotatable bonds is 7. The molecule has 0 saturated carbocycles. The van der Waals surface area contributed by atoms with E-state index in [4.69, 9.17) is 4.18 Å². The molecule has 9 heteroatoms. The van der Waals surface area contributed by atoms with Crippen LogP contribution in [0.3, 0.4) is 0 Å². The van der Waals surface area contributed by atoms with Gasteiger partial charge in [-0.15, -0.1) is 11.3 Å². The first-order valence-electron chi connectivity index (χ1n) is 14.3. The fourth-order valence-electron chi connectivity index (χ4n) is 5.56. The van der Waals surface area contributed by atoms with Gasteiger partial charge < -0.3 is 9.08 Å². The zero-order valence-corrected chi connectivity index (χ0v) is 25.6. The molecule has 4 nitrogen and oxygen atoms in total. The van der Waals surface area contributed by atoms with Crippen LogP contribution in [0, 0.1) is 0 Å². The average Bonchev–Trinajstić information content (AvgIpc) is 3.44. The second-order valence-electron chi connectivity index (χ2n) is 10.5. The lowest BCUT2D eigenvalue weighted by molar-refractivity contribution is -0.0499. The summed E-state index contributed by atoms with van der Waals surface area (Å²) in [5, 5.41) is 1.69. The third-order valence-electron chi connectivity index (χ3n) is 7.63. The molecule has 0 aliphatic rings. The van der Waals surface area contributed by atoms with Gasteiger partial charge in [-0.3, -0.25) is 0 Å².